The van der Waals surface area contributed by atoms with Crippen LogP contribution in [-0.4, -0.2) is 4.98 Å². The first-order valence-corrected chi connectivity index (χ1v) is 3.64. The first kappa shape index (κ1) is 8.34. The first-order valence-electron chi connectivity index (χ1n) is 3.64. The molecule has 62 valence electrons. The number of aryl methyl sites for hydroxylation is 1. The highest BCUT2D eigenvalue weighted by atomic mass is 14.8. The molecule has 0 bridgehead atoms. The van der Waals surface area contributed by atoms with E-state index in [4.69, 9.17) is 16.7 Å². The third-order valence-electron chi connectivity index (χ3n) is 1.59. The van der Waals surface area contributed by atoms with Crippen molar-refractivity contribution in [2.45, 2.75) is 13.3 Å². The Morgan fingerprint density at radius 3 is 2.75 bits per heavy atom. The second kappa shape index (κ2) is 3.09. The van der Waals surface area contributed by atoms with E-state index in [1.165, 1.54) is 6.07 Å². The Kier molecular flexibility index (Phi) is 2.15. The predicted molar refractivity (Wildman–Crippen MR) is 47.2 cm³/mol. The van der Waals surface area contributed by atoms with Crippen LogP contribution in [0.15, 0.2) is 6.07 Å². The van der Waals surface area contributed by atoms with Crippen LogP contribution in [0.3, 0.4) is 0 Å². The van der Waals surface area contributed by atoms with E-state index in [1.54, 1.807) is 0 Å². The highest BCUT2D eigenvalue weighted by molar-refractivity contribution is 5.60. The maximum atomic E-state index is 8.71. The van der Waals surface area contributed by atoms with Gasteiger partial charge in [0.1, 0.15) is 11.9 Å². The molecule has 4 heteroatoms. The molecule has 0 atom stereocenters. The van der Waals surface area contributed by atoms with Gasteiger partial charge < -0.3 is 11.5 Å². The van der Waals surface area contributed by atoms with Gasteiger partial charge in [0.25, 0.3) is 0 Å². The van der Waals surface area contributed by atoms with Crippen LogP contribution in [0.2, 0.25) is 0 Å². The topological polar surface area (TPSA) is 88.7 Å². The first-order chi connectivity index (χ1) is 5.69. The van der Waals surface area contributed by atoms with Crippen molar-refractivity contribution in [3.8, 4) is 6.07 Å². The van der Waals surface area contributed by atoms with Gasteiger partial charge in [-0.3, -0.25) is 0 Å². The second-order valence-electron chi connectivity index (χ2n) is 2.42. The number of nitriles is 1. The summed E-state index contributed by atoms with van der Waals surface area (Å²) in [6.07, 6.45) is 0.665. The minimum Gasteiger partial charge on any atom is -0.397 e. The van der Waals surface area contributed by atoms with Gasteiger partial charge in [0, 0.05) is 6.07 Å². The normalized spacial score (nSPS) is 9.33. The minimum atomic E-state index is 0.364. The van der Waals surface area contributed by atoms with E-state index in [0.717, 1.165) is 0 Å². The van der Waals surface area contributed by atoms with Gasteiger partial charge in [-0.05, 0) is 6.42 Å². The fourth-order valence-corrected chi connectivity index (χ4v) is 1.03. The Balaban J connectivity index is 3.36. The van der Waals surface area contributed by atoms with Crippen molar-refractivity contribution in [2.75, 3.05) is 11.5 Å². The van der Waals surface area contributed by atoms with Crippen LogP contribution in [-0.2, 0) is 6.42 Å². The fourth-order valence-electron chi connectivity index (χ4n) is 1.03. The number of nitrogens with zero attached hydrogens (tertiary/aromatic N) is 2. The molecule has 1 aromatic rings. The van der Waals surface area contributed by atoms with E-state index in [2.05, 4.69) is 4.98 Å². The Bertz CT molecular complexity index is 338. The summed E-state index contributed by atoms with van der Waals surface area (Å²) < 4.78 is 0. The van der Waals surface area contributed by atoms with Crippen molar-refractivity contribution in [1.29, 1.82) is 5.26 Å². The van der Waals surface area contributed by atoms with Gasteiger partial charge in [-0.15, -0.1) is 0 Å². The second-order valence-corrected chi connectivity index (χ2v) is 2.42. The Morgan fingerprint density at radius 2 is 2.25 bits per heavy atom. The Morgan fingerprint density at radius 1 is 1.58 bits per heavy atom. The van der Waals surface area contributed by atoms with Crippen LogP contribution in [0.4, 0.5) is 11.5 Å². The van der Waals surface area contributed by atoms with E-state index in [1.807, 2.05) is 13.0 Å². The summed E-state index contributed by atoms with van der Waals surface area (Å²) in [5.41, 5.74) is 12.5. The number of hydrogen-bond donors (Lipinski definition) is 2. The maximum Gasteiger partial charge on any atom is 0.125 e. The molecule has 0 spiro atoms. The van der Waals surface area contributed by atoms with Gasteiger partial charge >= 0.3 is 0 Å². The van der Waals surface area contributed by atoms with E-state index in [9.17, 15) is 0 Å². The molecule has 12 heavy (non-hydrogen) atoms. The van der Waals surface area contributed by atoms with Crippen molar-refractivity contribution in [3.63, 3.8) is 0 Å². The quantitative estimate of drug-likeness (QED) is 0.635. The van der Waals surface area contributed by atoms with Crippen molar-refractivity contribution < 1.29 is 0 Å². The smallest absolute Gasteiger partial charge is 0.125 e. The number of anilines is 2. The molecule has 1 rings (SSSR count). The fraction of sp³-hybridized carbons (Fsp3) is 0.250. The average Bonchev–Trinajstić information content (AvgIpc) is 2.03. The highest BCUT2D eigenvalue weighted by Gasteiger charge is 2.06. The van der Waals surface area contributed by atoms with E-state index >= 15 is 0 Å². The summed E-state index contributed by atoms with van der Waals surface area (Å²) in [7, 11) is 0. The number of aromatic nitrogens is 1. The molecule has 1 heterocycles. The van der Waals surface area contributed by atoms with Crippen molar-refractivity contribution >= 4 is 11.5 Å². The van der Waals surface area contributed by atoms with Crippen LogP contribution in [0.25, 0.3) is 0 Å². The summed E-state index contributed by atoms with van der Waals surface area (Å²) in [5, 5.41) is 8.71. The van der Waals surface area contributed by atoms with E-state index < -0.39 is 0 Å². The third-order valence-corrected chi connectivity index (χ3v) is 1.59. The summed E-state index contributed by atoms with van der Waals surface area (Å²) in [6.45, 7) is 1.90. The number of rotatable bonds is 1. The molecule has 0 saturated heterocycles. The molecule has 0 aromatic carbocycles. The molecule has 0 aliphatic rings. The molecule has 4 nitrogen and oxygen atoms in total. The largest absolute Gasteiger partial charge is 0.397 e. The van der Waals surface area contributed by atoms with E-state index in [0.29, 0.717) is 29.2 Å². The molecular formula is C8H10N4. The molecule has 4 N–H and O–H groups in total. The lowest BCUT2D eigenvalue weighted by molar-refractivity contribution is 1.03. The lowest BCUT2D eigenvalue weighted by Crippen LogP contribution is -2.02. The van der Waals surface area contributed by atoms with Crippen LogP contribution < -0.4 is 11.5 Å². The summed E-state index contributed by atoms with van der Waals surface area (Å²) in [5.74, 6) is 0.364. The SMILES string of the molecule is CCc1nc(N)cc(N)c1C#N. The molecular weight excluding hydrogens is 152 g/mol. The van der Waals surface area contributed by atoms with Crippen LogP contribution in [0.1, 0.15) is 18.2 Å². The molecule has 0 aliphatic heterocycles. The maximum absolute atomic E-state index is 8.71. The Labute approximate surface area is 70.8 Å². The average molecular weight is 162 g/mol. The monoisotopic (exact) mass is 162 g/mol. The molecule has 0 fully saturated rings. The predicted octanol–water partition coefficient (Wildman–Crippen LogP) is 0.680. The van der Waals surface area contributed by atoms with Gasteiger partial charge in [0.05, 0.1) is 16.9 Å². The molecule has 0 radical (unpaired) electrons. The molecule has 0 amide bonds. The third kappa shape index (κ3) is 1.30. The molecule has 0 aliphatic carbocycles. The minimum absolute atomic E-state index is 0.364. The van der Waals surface area contributed by atoms with E-state index in [-0.39, 0.29) is 0 Å². The lowest BCUT2D eigenvalue weighted by Gasteiger charge is -2.03. The summed E-state index contributed by atoms with van der Waals surface area (Å²) >= 11 is 0. The van der Waals surface area contributed by atoms with Crippen molar-refractivity contribution in [3.05, 3.63) is 17.3 Å². The van der Waals surface area contributed by atoms with Gasteiger partial charge in [-0.25, -0.2) is 4.98 Å². The number of pyridine rings is 1. The standard InChI is InChI=1S/C8H10N4/c1-2-7-5(4-9)6(10)3-8(11)12-7/h3H,2H2,1H3,(H4,10,11,12). The Hall–Kier alpha value is -1.76. The van der Waals surface area contributed by atoms with Crippen LogP contribution >= 0.6 is 0 Å². The zero-order valence-corrected chi connectivity index (χ0v) is 6.83. The highest BCUT2D eigenvalue weighted by Crippen LogP contribution is 2.17. The number of hydrogen-bond acceptors (Lipinski definition) is 4. The van der Waals surface area contributed by atoms with Gasteiger partial charge in [-0.2, -0.15) is 5.26 Å². The van der Waals surface area contributed by atoms with Crippen molar-refractivity contribution in [2.24, 2.45) is 0 Å². The molecule has 1 aromatic heterocycles. The zero-order valence-electron chi connectivity index (χ0n) is 6.83. The molecule has 0 unspecified atom stereocenters. The molecule has 0 saturated carbocycles. The number of nitrogens with two attached hydrogens (primary N) is 2. The van der Waals surface area contributed by atoms with Gasteiger partial charge in [0.15, 0.2) is 0 Å². The number of nitrogen functional groups attached to an aromatic ring is 2. The summed E-state index contributed by atoms with van der Waals surface area (Å²) in [4.78, 5) is 4.00. The van der Waals surface area contributed by atoms with Crippen LogP contribution in [0, 0.1) is 11.3 Å². The van der Waals surface area contributed by atoms with Gasteiger partial charge in [-0.1, -0.05) is 6.92 Å². The van der Waals surface area contributed by atoms with Gasteiger partial charge in [0.2, 0.25) is 0 Å². The van der Waals surface area contributed by atoms with Crippen molar-refractivity contribution in [1.82, 2.24) is 4.98 Å². The lowest BCUT2D eigenvalue weighted by atomic mass is 10.1. The summed E-state index contributed by atoms with van der Waals surface area (Å²) in [6, 6.07) is 3.50. The zero-order chi connectivity index (χ0) is 9.14. The van der Waals surface area contributed by atoms with Crippen LogP contribution in [0.5, 0.6) is 0 Å².